The fourth-order valence-electron chi connectivity index (χ4n) is 3.05. The largest absolute Gasteiger partial charge is 0.481 e. The van der Waals surface area contributed by atoms with Crippen LogP contribution in [-0.4, -0.2) is 45.9 Å². The number of aliphatic hydroxyl groups excluding tert-OH is 1. The van der Waals surface area contributed by atoms with Crippen LogP contribution in [0.25, 0.3) is 0 Å². The third kappa shape index (κ3) is 4.22. The van der Waals surface area contributed by atoms with Gasteiger partial charge in [-0.05, 0) is 18.4 Å². The standard InChI is InChI=1S/C17H23NO5/c1-2-6-13(16(20)21)15-14(19)9-10-18(15)17(22)23-11-12-7-4-3-5-8-12/h3-5,7-8,13-15,19H,2,6,9-11H2,1H3,(H,20,21)/t13-,14+,15-/m1/s1. The number of amides is 1. The fraction of sp³-hybridized carbons (Fsp3) is 0.529. The van der Waals surface area contributed by atoms with Crippen LogP contribution in [-0.2, 0) is 16.1 Å². The minimum absolute atomic E-state index is 0.129. The van der Waals surface area contributed by atoms with Crippen molar-refractivity contribution in [3.05, 3.63) is 35.9 Å². The van der Waals surface area contributed by atoms with Crippen LogP contribution >= 0.6 is 0 Å². The normalized spacial score (nSPS) is 21.9. The van der Waals surface area contributed by atoms with Crippen molar-refractivity contribution in [3.63, 3.8) is 0 Å². The van der Waals surface area contributed by atoms with Gasteiger partial charge >= 0.3 is 12.1 Å². The van der Waals surface area contributed by atoms with Gasteiger partial charge in [-0.25, -0.2) is 4.79 Å². The summed E-state index contributed by atoms with van der Waals surface area (Å²) in [5.41, 5.74) is 0.862. The van der Waals surface area contributed by atoms with Crippen LogP contribution in [0.1, 0.15) is 31.7 Å². The van der Waals surface area contributed by atoms with Crippen LogP contribution in [0, 0.1) is 5.92 Å². The van der Waals surface area contributed by atoms with Crippen molar-refractivity contribution in [1.82, 2.24) is 4.90 Å². The van der Waals surface area contributed by atoms with Crippen molar-refractivity contribution in [2.45, 2.75) is 44.9 Å². The van der Waals surface area contributed by atoms with E-state index in [1.165, 1.54) is 4.90 Å². The summed E-state index contributed by atoms with van der Waals surface area (Å²) in [6.45, 7) is 2.33. The van der Waals surface area contributed by atoms with E-state index in [1.54, 1.807) is 0 Å². The van der Waals surface area contributed by atoms with E-state index in [1.807, 2.05) is 37.3 Å². The highest BCUT2D eigenvalue weighted by Crippen LogP contribution is 2.28. The van der Waals surface area contributed by atoms with Crippen molar-refractivity contribution < 1.29 is 24.5 Å². The molecule has 0 spiro atoms. The number of carbonyl (C=O) groups excluding carboxylic acids is 1. The van der Waals surface area contributed by atoms with E-state index in [0.717, 1.165) is 5.56 Å². The van der Waals surface area contributed by atoms with E-state index >= 15 is 0 Å². The van der Waals surface area contributed by atoms with E-state index in [4.69, 9.17) is 4.74 Å². The van der Waals surface area contributed by atoms with Gasteiger partial charge in [0.1, 0.15) is 6.61 Å². The van der Waals surface area contributed by atoms with Gasteiger partial charge in [0.2, 0.25) is 0 Å². The van der Waals surface area contributed by atoms with E-state index in [2.05, 4.69) is 0 Å². The molecule has 1 aromatic carbocycles. The second-order valence-corrected chi connectivity index (χ2v) is 5.81. The maximum absolute atomic E-state index is 12.3. The molecule has 1 aliphatic rings. The lowest BCUT2D eigenvalue weighted by Gasteiger charge is -2.30. The molecule has 6 nitrogen and oxygen atoms in total. The van der Waals surface area contributed by atoms with Crippen LogP contribution < -0.4 is 0 Å². The molecule has 126 valence electrons. The van der Waals surface area contributed by atoms with E-state index in [-0.39, 0.29) is 6.61 Å². The number of aliphatic hydroxyl groups is 1. The Morgan fingerprint density at radius 2 is 2.04 bits per heavy atom. The molecule has 2 rings (SSSR count). The topological polar surface area (TPSA) is 87.1 Å². The van der Waals surface area contributed by atoms with Crippen LogP contribution in [0.15, 0.2) is 30.3 Å². The smallest absolute Gasteiger partial charge is 0.410 e. The van der Waals surface area contributed by atoms with Crippen molar-refractivity contribution in [3.8, 4) is 0 Å². The van der Waals surface area contributed by atoms with Gasteiger partial charge in [0, 0.05) is 6.54 Å². The summed E-state index contributed by atoms with van der Waals surface area (Å²) in [4.78, 5) is 25.1. The number of likely N-dealkylation sites (tertiary alicyclic amines) is 1. The molecule has 1 fully saturated rings. The summed E-state index contributed by atoms with van der Waals surface area (Å²) < 4.78 is 5.28. The third-order valence-electron chi connectivity index (χ3n) is 4.19. The summed E-state index contributed by atoms with van der Waals surface area (Å²) in [6, 6.07) is 8.55. The van der Waals surface area contributed by atoms with Crippen molar-refractivity contribution >= 4 is 12.1 Å². The highest BCUT2D eigenvalue weighted by molar-refractivity contribution is 5.74. The summed E-state index contributed by atoms with van der Waals surface area (Å²) in [7, 11) is 0. The molecule has 1 saturated heterocycles. The number of carbonyl (C=O) groups is 2. The zero-order valence-electron chi connectivity index (χ0n) is 13.2. The molecule has 3 atom stereocenters. The first-order valence-corrected chi connectivity index (χ1v) is 7.92. The second kappa shape index (κ2) is 7.97. The van der Waals surface area contributed by atoms with Gasteiger partial charge in [-0.15, -0.1) is 0 Å². The molecule has 1 amide bonds. The van der Waals surface area contributed by atoms with Gasteiger partial charge in [-0.3, -0.25) is 4.79 Å². The lowest BCUT2D eigenvalue weighted by molar-refractivity contribution is -0.145. The zero-order valence-corrected chi connectivity index (χ0v) is 13.2. The molecule has 1 heterocycles. The molecule has 0 aliphatic carbocycles. The predicted octanol–water partition coefficient (Wildman–Crippen LogP) is 2.26. The van der Waals surface area contributed by atoms with Crippen molar-refractivity contribution in [1.29, 1.82) is 0 Å². The third-order valence-corrected chi connectivity index (χ3v) is 4.19. The number of carboxylic acids is 1. The van der Waals surface area contributed by atoms with Crippen LogP contribution in [0.2, 0.25) is 0 Å². The van der Waals surface area contributed by atoms with E-state index in [0.29, 0.717) is 25.8 Å². The number of aliphatic carboxylic acids is 1. The van der Waals surface area contributed by atoms with Crippen molar-refractivity contribution in [2.24, 2.45) is 5.92 Å². The number of benzene rings is 1. The fourth-order valence-corrected chi connectivity index (χ4v) is 3.05. The molecule has 0 radical (unpaired) electrons. The Morgan fingerprint density at radius 3 is 2.65 bits per heavy atom. The number of rotatable bonds is 6. The summed E-state index contributed by atoms with van der Waals surface area (Å²) in [5, 5.41) is 19.5. The second-order valence-electron chi connectivity index (χ2n) is 5.81. The highest BCUT2D eigenvalue weighted by Gasteiger charge is 2.44. The Morgan fingerprint density at radius 1 is 1.35 bits per heavy atom. The predicted molar refractivity (Wildman–Crippen MR) is 83.8 cm³/mol. The van der Waals surface area contributed by atoms with E-state index < -0.39 is 30.1 Å². The molecule has 0 unspecified atom stereocenters. The van der Waals surface area contributed by atoms with Gasteiger partial charge in [0.25, 0.3) is 0 Å². The minimum atomic E-state index is -0.987. The molecule has 23 heavy (non-hydrogen) atoms. The maximum Gasteiger partial charge on any atom is 0.410 e. The SMILES string of the molecule is CCC[C@@H](C(=O)O)[C@@H]1[C@@H](O)CCN1C(=O)OCc1ccccc1. The molecule has 2 N–H and O–H groups in total. The molecule has 0 bridgehead atoms. The maximum atomic E-state index is 12.3. The average molecular weight is 321 g/mol. The molecular formula is C17H23NO5. The highest BCUT2D eigenvalue weighted by atomic mass is 16.6. The molecule has 1 aromatic rings. The lowest BCUT2D eigenvalue weighted by atomic mass is 9.91. The van der Waals surface area contributed by atoms with Crippen molar-refractivity contribution in [2.75, 3.05) is 6.54 Å². The Kier molecular flexibility index (Phi) is 5.98. The van der Waals surface area contributed by atoms with Gasteiger partial charge in [-0.1, -0.05) is 43.7 Å². The van der Waals surface area contributed by atoms with Gasteiger partial charge < -0.3 is 19.8 Å². The molecule has 0 aromatic heterocycles. The van der Waals surface area contributed by atoms with Crippen LogP contribution in [0.3, 0.4) is 0 Å². The van der Waals surface area contributed by atoms with Crippen LogP contribution in [0.5, 0.6) is 0 Å². The van der Waals surface area contributed by atoms with Gasteiger partial charge in [-0.2, -0.15) is 0 Å². The summed E-state index contributed by atoms with van der Waals surface area (Å²) in [5.74, 6) is -1.76. The number of hydrogen-bond donors (Lipinski definition) is 2. The summed E-state index contributed by atoms with van der Waals surface area (Å²) >= 11 is 0. The lowest BCUT2D eigenvalue weighted by Crippen LogP contribution is -2.47. The number of carboxylic acid groups (broad SMARTS) is 1. The first kappa shape index (κ1) is 17.3. The first-order chi connectivity index (χ1) is 11.0. The Balaban J connectivity index is 2.04. The zero-order chi connectivity index (χ0) is 16.8. The number of hydrogen-bond acceptors (Lipinski definition) is 4. The van der Waals surface area contributed by atoms with Crippen LogP contribution in [0.4, 0.5) is 4.79 Å². The van der Waals surface area contributed by atoms with Gasteiger partial charge in [0.15, 0.2) is 0 Å². The molecule has 6 heteroatoms. The monoisotopic (exact) mass is 321 g/mol. The van der Waals surface area contributed by atoms with Gasteiger partial charge in [0.05, 0.1) is 18.1 Å². The quantitative estimate of drug-likeness (QED) is 0.839. The number of nitrogens with zero attached hydrogens (tertiary/aromatic N) is 1. The number of ether oxygens (including phenoxy) is 1. The van der Waals surface area contributed by atoms with E-state index in [9.17, 15) is 19.8 Å². The minimum Gasteiger partial charge on any atom is -0.481 e. The Hall–Kier alpha value is -2.08. The molecular weight excluding hydrogens is 298 g/mol. The summed E-state index contributed by atoms with van der Waals surface area (Å²) in [6.07, 6.45) is 0.0651. The Labute approximate surface area is 135 Å². The first-order valence-electron chi connectivity index (χ1n) is 7.92. The average Bonchev–Trinajstić information content (AvgIpc) is 2.92. The molecule has 1 aliphatic heterocycles. The Bertz CT molecular complexity index is 533. The molecule has 0 saturated carbocycles.